The molecule has 0 saturated carbocycles. The van der Waals surface area contributed by atoms with Gasteiger partial charge in [-0.05, 0) is 97.9 Å². The van der Waals surface area contributed by atoms with Gasteiger partial charge in [0.2, 0.25) is 0 Å². The Morgan fingerprint density at radius 3 is 1.62 bits per heavy atom. The second-order valence-corrected chi connectivity index (χ2v) is 15.1. The van der Waals surface area contributed by atoms with Crippen molar-refractivity contribution in [3.63, 3.8) is 0 Å². The molecule has 0 amide bonds. The number of fused-ring (bicyclic) bond motifs is 5. The molecule has 0 radical (unpaired) electrons. The molecule has 15 heteroatoms. The van der Waals surface area contributed by atoms with Crippen LogP contribution in [0.5, 0.6) is 11.5 Å². The predicted octanol–water partition coefficient (Wildman–Crippen LogP) is 5.26. The summed E-state index contributed by atoms with van der Waals surface area (Å²) in [5.41, 5.74) is 11.6. The van der Waals surface area contributed by atoms with Crippen LogP contribution in [0.15, 0.2) is 68.1 Å². The molecule has 3 aliphatic heterocycles. The zero-order valence-corrected chi connectivity index (χ0v) is 38.2. The van der Waals surface area contributed by atoms with E-state index in [1.807, 2.05) is 24.5 Å². The number of hydrogen-bond acceptors (Lipinski definition) is 14. The lowest BCUT2D eigenvalue weighted by molar-refractivity contribution is 0.0160. The molecule has 0 atom stereocenters. The SMILES string of the molecule is CCC1=C(CC)C2=NC1=CC1=NC(=CNc3cc(OCCOCCOCCOC)c(OCCOCCOCCOC)cc3NC=c3[nH]c(c(CCCO)c3C)=C2)C(C)=C1CCCO. The number of aromatic nitrogens is 1. The number of benzene rings is 1. The Hall–Kier alpha value is -4.58. The Balaban J connectivity index is 1.56. The van der Waals surface area contributed by atoms with Crippen LogP contribution in [0.25, 0.3) is 12.3 Å². The van der Waals surface area contributed by atoms with Crippen molar-refractivity contribution in [3.05, 3.63) is 79.9 Å². The van der Waals surface area contributed by atoms with Crippen LogP contribution in [0.1, 0.15) is 64.0 Å². The zero-order chi connectivity index (χ0) is 44.8. The summed E-state index contributed by atoms with van der Waals surface area (Å²) < 4.78 is 45.4. The van der Waals surface area contributed by atoms with Crippen molar-refractivity contribution in [2.45, 2.75) is 66.2 Å². The zero-order valence-electron chi connectivity index (χ0n) is 38.2. The Morgan fingerprint density at radius 2 is 1.06 bits per heavy atom. The van der Waals surface area contributed by atoms with E-state index in [4.69, 9.17) is 47.9 Å². The summed E-state index contributed by atoms with van der Waals surface area (Å²) in [6.45, 7) is 13.8. The average molecular weight is 876 g/mol. The molecule has 0 saturated heterocycles. The summed E-state index contributed by atoms with van der Waals surface area (Å²) in [7, 11) is 3.28. The first-order chi connectivity index (χ1) is 30.9. The van der Waals surface area contributed by atoms with Gasteiger partial charge in [0, 0.05) is 57.3 Å². The average Bonchev–Trinajstić information content (AvgIpc) is 3.89. The second kappa shape index (κ2) is 26.9. The molecule has 15 nitrogen and oxygen atoms in total. The van der Waals surface area contributed by atoms with Gasteiger partial charge in [0.15, 0.2) is 11.5 Å². The van der Waals surface area contributed by atoms with Gasteiger partial charge in [-0.25, -0.2) is 9.98 Å². The van der Waals surface area contributed by atoms with Crippen LogP contribution in [0, 0.1) is 6.92 Å². The van der Waals surface area contributed by atoms with Crippen LogP contribution in [0.2, 0.25) is 0 Å². The summed E-state index contributed by atoms with van der Waals surface area (Å²) in [5, 5.41) is 28.7. The number of nitrogens with zero attached hydrogens (tertiary/aromatic N) is 2. The summed E-state index contributed by atoms with van der Waals surface area (Å²) in [6, 6.07) is 3.83. The Labute approximate surface area is 372 Å². The van der Waals surface area contributed by atoms with Crippen molar-refractivity contribution in [2.75, 3.05) is 117 Å². The molecule has 5 rings (SSSR count). The van der Waals surface area contributed by atoms with Gasteiger partial charge < -0.3 is 63.7 Å². The maximum absolute atomic E-state index is 9.87. The minimum Gasteiger partial charge on any atom is -0.487 e. The fourth-order valence-electron chi connectivity index (χ4n) is 7.52. The minimum absolute atomic E-state index is 0.0802. The fourth-order valence-corrected chi connectivity index (χ4v) is 7.52. The van der Waals surface area contributed by atoms with E-state index in [1.54, 1.807) is 14.2 Å². The first-order valence-corrected chi connectivity index (χ1v) is 22.3. The van der Waals surface area contributed by atoms with E-state index in [2.05, 4.69) is 55.5 Å². The predicted molar refractivity (Wildman–Crippen MR) is 248 cm³/mol. The number of H-pyrrole nitrogens is 1. The molecule has 6 bridgehead atoms. The van der Waals surface area contributed by atoms with E-state index in [-0.39, 0.29) is 26.4 Å². The van der Waals surface area contributed by atoms with Crippen molar-refractivity contribution in [3.8, 4) is 11.5 Å². The number of aliphatic hydroxyl groups excluding tert-OH is 2. The summed E-state index contributed by atoms with van der Waals surface area (Å²) in [5.74, 6) is 1.04. The van der Waals surface area contributed by atoms with Crippen molar-refractivity contribution < 1.29 is 48.1 Å². The molecule has 0 fully saturated rings. The molecule has 3 aliphatic rings. The number of methoxy groups -OCH3 is 2. The second-order valence-electron chi connectivity index (χ2n) is 15.1. The normalized spacial score (nSPS) is 14.9. The van der Waals surface area contributed by atoms with Gasteiger partial charge in [-0.1, -0.05) is 13.8 Å². The Morgan fingerprint density at radius 1 is 0.556 bits per heavy atom. The van der Waals surface area contributed by atoms with Gasteiger partial charge in [0.05, 0.1) is 106 Å². The van der Waals surface area contributed by atoms with Crippen LogP contribution < -0.4 is 30.8 Å². The van der Waals surface area contributed by atoms with Crippen LogP contribution in [-0.4, -0.2) is 133 Å². The molecule has 0 unspecified atom stereocenters. The first-order valence-electron chi connectivity index (χ1n) is 22.3. The van der Waals surface area contributed by atoms with Crippen molar-refractivity contribution in [1.82, 2.24) is 4.98 Å². The lowest BCUT2D eigenvalue weighted by Crippen LogP contribution is -2.16. The van der Waals surface area contributed by atoms with Crippen LogP contribution in [0.3, 0.4) is 0 Å². The van der Waals surface area contributed by atoms with Crippen LogP contribution >= 0.6 is 0 Å². The first kappa shape index (κ1) is 49.4. The highest BCUT2D eigenvalue weighted by Gasteiger charge is 2.25. The highest BCUT2D eigenvalue weighted by molar-refractivity contribution is 6.24. The number of ether oxygens (including phenoxy) is 8. The molecular formula is C48H69N5O10. The largest absolute Gasteiger partial charge is 0.487 e. The summed E-state index contributed by atoms with van der Waals surface area (Å²) in [6.07, 6.45) is 12.4. The van der Waals surface area contributed by atoms with Gasteiger partial charge in [-0.15, -0.1) is 0 Å². The maximum atomic E-state index is 9.87. The molecule has 4 heterocycles. The molecule has 0 spiro atoms. The number of rotatable bonds is 28. The third kappa shape index (κ3) is 14.2. The van der Waals surface area contributed by atoms with E-state index >= 15 is 0 Å². The van der Waals surface area contributed by atoms with Gasteiger partial charge >= 0.3 is 0 Å². The molecule has 1 aromatic heterocycles. The van der Waals surface area contributed by atoms with E-state index in [0.717, 1.165) is 80.0 Å². The molecule has 0 aliphatic carbocycles. The van der Waals surface area contributed by atoms with Crippen LogP contribution in [0.4, 0.5) is 11.4 Å². The van der Waals surface area contributed by atoms with Gasteiger partial charge in [-0.2, -0.15) is 0 Å². The smallest absolute Gasteiger partial charge is 0.163 e. The number of aliphatic hydroxyl groups is 2. The molecule has 1 aromatic carbocycles. The van der Waals surface area contributed by atoms with E-state index in [9.17, 15) is 10.2 Å². The van der Waals surface area contributed by atoms with Gasteiger partial charge in [0.1, 0.15) is 13.2 Å². The highest BCUT2D eigenvalue weighted by atomic mass is 16.6. The Bertz CT molecular complexity index is 2120. The summed E-state index contributed by atoms with van der Waals surface area (Å²) >= 11 is 0. The quantitative estimate of drug-likeness (QED) is 0.0702. The molecule has 63 heavy (non-hydrogen) atoms. The molecular weight excluding hydrogens is 807 g/mol. The van der Waals surface area contributed by atoms with Gasteiger partial charge in [-0.3, -0.25) is 0 Å². The third-order valence-corrected chi connectivity index (χ3v) is 10.9. The molecule has 346 valence electrons. The number of anilines is 2. The topological polar surface area (TPSA) is 179 Å². The summed E-state index contributed by atoms with van der Waals surface area (Å²) in [4.78, 5) is 14.1. The van der Waals surface area contributed by atoms with Gasteiger partial charge in [0.25, 0.3) is 0 Å². The number of hydrogen-bond donors (Lipinski definition) is 5. The number of allylic oxidation sites excluding steroid dienone is 5. The lowest BCUT2D eigenvalue weighted by atomic mass is 9.96. The number of aliphatic imine (C=N–C) groups is 2. The van der Waals surface area contributed by atoms with Crippen LogP contribution in [-0.2, 0) is 34.8 Å². The standard InChI is InChI=1S/C48H69N5O10/c1-7-35-36(8-2)40-28-42-38(12-10-14-55)34(4)46(53-42)32-50-44-30-48(63-26-24-61-22-20-59-18-16-57-6)47(62-25-23-60-21-19-58-17-15-56-5)29-43(44)49-31-45-33(3)37(11-9-13-54)41(52-45)27-39(35)51-40/h27-32,49-50,52,54-55H,7-26H2,1-6H3. The monoisotopic (exact) mass is 876 g/mol. The molecule has 5 N–H and O–H groups in total. The molecule has 2 aromatic rings. The number of aromatic amines is 1. The van der Waals surface area contributed by atoms with E-state index in [1.165, 1.54) is 11.1 Å². The lowest BCUT2D eigenvalue weighted by Gasteiger charge is -2.18. The van der Waals surface area contributed by atoms with Crippen molar-refractivity contribution in [1.29, 1.82) is 0 Å². The van der Waals surface area contributed by atoms with Crippen molar-refractivity contribution >= 4 is 35.1 Å². The maximum Gasteiger partial charge on any atom is 0.163 e. The minimum atomic E-state index is 0.0802. The fraction of sp³-hybridized carbons (Fsp3) is 0.542. The Kier molecular flexibility index (Phi) is 21.1. The van der Waals surface area contributed by atoms with E-state index in [0.29, 0.717) is 103 Å². The van der Waals surface area contributed by atoms with Crippen molar-refractivity contribution in [2.24, 2.45) is 9.98 Å². The van der Waals surface area contributed by atoms with E-state index < -0.39 is 0 Å². The third-order valence-electron chi connectivity index (χ3n) is 10.9. The number of nitrogens with one attached hydrogen (secondary N) is 3. The highest BCUT2D eigenvalue weighted by Crippen LogP contribution is 2.39.